The monoisotopic (exact) mass is 641 g/mol. The molecule has 5 rings (SSSR count). The summed E-state index contributed by atoms with van der Waals surface area (Å²) in [4.78, 5) is 29.9. The maximum absolute atomic E-state index is 12.0. The van der Waals surface area contributed by atoms with Crippen molar-refractivity contribution in [2.45, 2.75) is 55.1 Å². The van der Waals surface area contributed by atoms with Crippen LogP contribution >= 0.6 is 46.6 Å². The molecule has 2 aromatic heterocycles. The Bertz CT molecular complexity index is 1470. The first-order valence-electron chi connectivity index (χ1n) is 13.5. The Balaban J connectivity index is 1.48. The van der Waals surface area contributed by atoms with Crippen molar-refractivity contribution < 1.29 is 9.53 Å². The van der Waals surface area contributed by atoms with E-state index in [1.807, 2.05) is 63.2 Å². The normalized spacial score (nSPS) is 20.0. The van der Waals surface area contributed by atoms with Crippen molar-refractivity contribution in [1.29, 1.82) is 0 Å². The number of aromatic nitrogens is 4. The van der Waals surface area contributed by atoms with Gasteiger partial charge in [-0.25, -0.2) is 24.7 Å². The van der Waals surface area contributed by atoms with Crippen molar-refractivity contribution in [2.75, 3.05) is 12.3 Å². The highest BCUT2D eigenvalue weighted by Gasteiger charge is 2.54. The third-order valence-electron chi connectivity index (χ3n) is 7.00. The Morgan fingerprint density at radius 2 is 1.31 bits per heavy atom. The van der Waals surface area contributed by atoms with Crippen LogP contribution in [-0.4, -0.2) is 43.9 Å². The lowest BCUT2D eigenvalue weighted by Gasteiger charge is -2.52. The lowest BCUT2D eigenvalue weighted by atomic mass is 9.50. The fraction of sp³-hybridized carbons (Fsp3) is 0.323. The number of thioether (sulfide) groups is 1. The first-order valence-corrected chi connectivity index (χ1v) is 15.6. The molecule has 1 aliphatic rings. The number of hydrogen-bond donors (Lipinski definition) is 1. The molecule has 42 heavy (non-hydrogen) atoms. The van der Waals surface area contributed by atoms with Gasteiger partial charge in [-0.15, -0.1) is 11.8 Å². The molecule has 2 heterocycles. The molecule has 0 spiro atoms. The van der Waals surface area contributed by atoms with E-state index in [9.17, 15) is 4.79 Å². The van der Waals surface area contributed by atoms with Crippen LogP contribution in [0.15, 0.2) is 77.8 Å². The van der Waals surface area contributed by atoms with Crippen molar-refractivity contribution in [1.82, 2.24) is 25.3 Å². The number of nitrogens with one attached hydrogen (secondary N) is 1. The minimum atomic E-state index is -0.556. The highest BCUT2D eigenvalue weighted by atomic mass is 35.5. The zero-order valence-corrected chi connectivity index (χ0v) is 26.4. The van der Waals surface area contributed by atoms with Crippen LogP contribution < -0.4 is 5.32 Å². The zero-order valence-electron chi connectivity index (χ0n) is 23.3. The molecule has 1 N–H and O–H groups in total. The van der Waals surface area contributed by atoms with Gasteiger partial charge in [0, 0.05) is 36.0 Å². The lowest BCUT2D eigenvalue weighted by molar-refractivity contribution is 0.0531. The van der Waals surface area contributed by atoms with Crippen LogP contribution in [-0.2, 0) is 4.74 Å². The van der Waals surface area contributed by atoms with Gasteiger partial charge in [-0.1, -0.05) is 72.3 Å². The van der Waals surface area contributed by atoms with E-state index in [2.05, 4.69) is 44.5 Å². The second-order valence-corrected chi connectivity index (χ2v) is 13.2. The third-order valence-corrected chi connectivity index (χ3v) is 8.45. The first kappa shape index (κ1) is 30.5. The zero-order chi connectivity index (χ0) is 29.9. The number of halogens is 3. The summed E-state index contributed by atoms with van der Waals surface area (Å²) in [5.41, 5.74) is 3.36. The first-order chi connectivity index (χ1) is 20.1. The predicted molar refractivity (Wildman–Crippen MR) is 168 cm³/mol. The van der Waals surface area contributed by atoms with Gasteiger partial charge in [-0.2, -0.15) is 0 Å². The van der Waals surface area contributed by atoms with Crippen LogP contribution in [0.2, 0.25) is 15.7 Å². The fourth-order valence-corrected chi connectivity index (χ4v) is 6.95. The van der Waals surface area contributed by atoms with Crippen molar-refractivity contribution in [3.8, 4) is 0 Å². The average Bonchev–Trinajstić information content (AvgIpc) is 2.90. The number of carbonyl (C=O) groups is 1. The molecule has 7 nitrogen and oxygen atoms in total. The number of benzene rings is 2. The summed E-state index contributed by atoms with van der Waals surface area (Å²) in [6.07, 6.45) is -0.452. The minimum Gasteiger partial charge on any atom is -0.444 e. The lowest BCUT2D eigenvalue weighted by Crippen LogP contribution is -2.41. The Kier molecular flexibility index (Phi) is 9.57. The molecule has 1 amide bonds. The van der Waals surface area contributed by atoms with Crippen LogP contribution in [0.5, 0.6) is 0 Å². The van der Waals surface area contributed by atoms with Crippen LogP contribution in [0.4, 0.5) is 4.79 Å². The second-order valence-electron chi connectivity index (χ2n) is 11.0. The van der Waals surface area contributed by atoms with E-state index in [4.69, 9.17) is 44.5 Å². The molecule has 2 aromatic carbocycles. The molecular weight excluding hydrogens is 613 g/mol. The Morgan fingerprint density at radius 1 is 0.786 bits per heavy atom. The molecule has 0 bridgehead atoms. The molecule has 0 radical (unpaired) electrons. The number of carbonyl (C=O) groups excluding carboxylic acids is 1. The van der Waals surface area contributed by atoms with Crippen molar-refractivity contribution in [3.63, 3.8) is 0 Å². The second kappa shape index (κ2) is 13.2. The van der Waals surface area contributed by atoms with E-state index in [-0.39, 0.29) is 34.2 Å². The van der Waals surface area contributed by atoms with Gasteiger partial charge in [0.05, 0.1) is 11.4 Å². The summed E-state index contributed by atoms with van der Waals surface area (Å²) in [5, 5.41) is 4.10. The van der Waals surface area contributed by atoms with Gasteiger partial charge < -0.3 is 10.1 Å². The van der Waals surface area contributed by atoms with E-state index in [1.54, 1.807) is 6.07 Å². The molecule has 0 unspecified atom stereocenters. The molecule has 1 fully saturated rings. The standard InChI is InChI=1S/C31H30Cl3N5O2S/c1-31(2,3)41-30(40)35-14-15-42-23-17-21(37-29(34)39-23)27-24(18-10-6-4-7-11-18)26(20-16-22(32)38-28(33)36-20)25(27)19-12-8-5-9-13-19/h4-13,16-17,24-27H,14-15H2,1-3H3,(H,35,40)/t24-,25-,26?,27?/m0/s1. The van der Waals surface area contributed by atoms with Crippen molar-refractivity contribution in [3.05, 3.63) is 111 Å². The summed E-state index contributed by atoms with van der Waals surface area (Å²) < 4.78 is 5.32. The van der Waals surface area contributed by atoms with Gasteiger partial charge in [-0.05, 0) is 67.2 Å². The number of ether oxygens (including phenoxy) is 1. The summed E-state index contributed by atoms with van der Waals surface area (Å²) in [5.74, 6) is 0.529. The fourth-order valence-electron chi connectivity index (χ4n) is 5.52. The number of hydrogen-bond acceptors (Lipinski definition) is 7. The van der Waals surface area contributed by atoms with Gasteiger partial charge in [-0.3, -0.25) is 0 Å². The van der Waals surface area contributed by atoms with E-state index in [1.165, 1.54) is 11.8 Å². The SMILES string of the molecule is CC(C)(C)OC(=O)NCCSc1cc(C2[C@@H](c3ccccc3)C(c3cc(Cl)nc(Cl)n3)[C@@H]2c2ccccc2)nc(Cl)n1. The smallest absolute Gasteiger partial charge is 0.407 e. The van der Waals surface area contributed by atoms with Gasteiger partial charge in [0.2, 0.25) is 10.6 Å². The molecule has 218 valence electrons. The van der Waals surface area contributed by atoms with Crippen molar-refractivity contribution >= 4 is 52.7 Å². The number of nitrogens with zero attached hydrogens (tertiary/aromatic N) is 4. The Hall–Kier alpha value is -2.91. The van der Waals surface area contributed by atoms with Crippen molar-refractivity contribution in [2.24, 2.45) is 0 Å². The van der Waals surface area contributed by atoms with E-state index < -0.39 is 11.7 Å². The predicted octanol–water partition coefficient (Wildman–Crippen LogP) is 8.29. The molecule has 0 saturated heterocycles. The van der Waals surface area contributed by atoms with Crippen LogP contribution in [0.3, 0.4) is 0 Å². The van der Waals surface area contributed by atoms with Gasteiger partial charge >= 0.3 is 6.09 Å². The highest BCUT2D eigenvalue weighted by molar-refractivity contribution is 7.99. The van der Waals surface area contributed by atoms with E-state index in [0.29, 0.717) is 17.5 Å². The third kappa shape index (κ3) is 7.35. The van der Waals surface area contributed by atoms with Gasteiger partial charge in [0.15, 0.2) is 0 Å². The maximum atomic E-state index is 12.0. The number of alkyl carbamates (subject to hydrolysis) is 1. The molecular formula is C31H30Cl3N5O2S. The summed E-state index contributed by atoms with van der Waals surface area (Å²) in [7, 11) is 0. The van der Waals surface area contributed by atoms with Crippen LogP contribution in [0.1, 0.15) is 67.0 Å². The molecule has 1 saturated carbocycles. The number of rotatable bonds is 8. The summed E-state index contributed by atoms with van der Waals surface area (Å²) in [6.45, 7) is 5.90. The highest BCUT2D eigenvalue weighted by Crippen LogP contribution is 2.66. The van der Waals surface area contributed by atoms with Crippen LogP contribution in [0, 0.1) is 0 Å². The molecule has 1 aliphatic carbocycles. The largest absolute Gasteiger partial charge is 0.444 e. The molecule has 4 aromatic rings. The Labute approximate surface area is 264 Å². The Morgan fingerprint density at radius 3 is 1.83 bits per heavy atom. The quantitative estimate of drug-likeness (QED) is 0.0895. The van der Waals surface area contributed by atoms with Gasteiger partial charge in [0.1, 0.15) is 15.8 Å². The van der Waals surface area contributed by atoms with E-state index >= 15 is 0 Å². The summed E-state index contributed by atoms with van der Waals surface area (Å²) in [6, 6.07) is 24.4. The summed E-state index contributed by atoms with van der Waals surface area (Å²) >= 11 is 20.7. The maximum Gasteiger partial charge on any atom is 0.407 e. The topological polar surface area (TPSA) is 89.9 Å². The van der Waals surface area contributed by atoms with E-state index in [0.717, 1.165) is 27.5 Å². The van der Waals surface area contributed by atoms with Gasteiger partial charge in [0.25, 0.3) is 0 Å². The molecule has 11 heteroatoms. The minimum absolute atomic E-state index is 0.0103. The average molecular weight is 643 g/mol. The van der Waals surface area contributed by atoms with Crippen LogP contribution in [0.25, 0.3) is 0 Å². The molecule has 2 atom stereocenters. The number of amides is 1. The molecule has 0 aliphatic heterocycles.